The Balaban J connectivity index is 2.94. The van der Waals surface area contributed by atoms with E-state index in [4.69, 9.17) is 4.74 Å². The highest BCUT2D eigenvalue weighted by Crippen LogP contribution is 2.23. The molecule has 0 spiro atoms. The zero-order valence-electron chi connectivity index (χ0n) is 15.2. The minimum atomic E-state index is -0.845. The number of hydrogen-bond acceptors (Lipinski definition) is 5. The molecule has 0 aromatic heterocycles. The fraction of sp³-hybridized carbons (Fsp3) is 0.444. The van der Waals surface area contributed by atoms with Gasteiger partial charge in [-0.05, 0) is 38.0 Å². The van der Waals surface area contributed by atoms with Crippen LogP contribution in [0.4, 0.5) is 10.1 Å². The summed E-state index contributed by atoms with van der Waals surface area (Å²) in [7, 11) is 0. The van der Waals surface area contributed by atoms with Crippen LogP contribution in [-0.4, -0.2) is 28.9 Å². The first-order valence-electron chi connectivity index (χ1n) is 8.19. The lowest BCUT2D eigenvalue weighted by Crippen LogP contribution is -2.51. The third-order valence-corrected chi connectivity index (χ3v) is 4.10. The highest BCUT2D eigenvalue weighted by Gasteiger charge is 2.33. The first-order chi connectivity index (χ1) is 12.1. The van der Waals surface area contributed by atoms with E-state index in [1.807, 2.05) is 13.8 Å². The average molecular weight is 366 g/mol. The normalized spacial score (nSPS) is 13.5. The summed E-state index contributed by atoms with van der Waals surface area (Å²) in [6, 6.07) is 3.08. The third-order valence-electron chi connectivity index (χ3n) is 4.10. The van der Waals surface area contributed by atoms with Gasteiger partial charge < -0.3 is 10.1 Å². The third kappa shape index (κ3) is 5.94. The quantitative estimate of drug-likeness (QED) is 0.330. The summed E-state index contributed by atoms with van der Waals surface area (Å²) in [6.45, 7) is 7.37. The van der Waals surface area contributed by atoms with Crippen LogP contribution in [0.25, 0.3) is 6.08 Å². The number of amides is 1. The van der Waals surface area contributed by atoms with Crippen LogP contribution in [0.5, 0.6) is 0 Å². The molecule has 1 aromatic carbocycles. The maximum atomic E-state index is 13.2. The van der Waals surface area contributed by atoms with Gasteiger partial charge in [-0.15, -0.1) is 0 Å². The van der Waals surface area contributed by atoms with E-state index in [-0.39, 0.29) is 24.5 Å². The zero-order valence-corrected chi connectivity index (χ0v) is 15.2. The molecule has 0 fully saturated rings. The Bertz CT molecular complexity index is 718. The van der Waals surface area contributed by atoms with Gasteiger partial charge in [0.15, 0.2) is 0 Å². The Morgan fingerprint density at radius 3 is 2.62 bits per heavy atom. The molecule has 7 nitrogen and oxygen atoms in total. The van der Waals surface area contributed by atoms with E-state index in [1.165, 1.54) is 12.1 Å². The topological polar surface area (TPSA) is 98.5 Å². The lowest BCUT2D eigenvalue weighted by atomic mass is 9.85. The summed E-state index contributed by atoms with van der Waals surface area (Å²) in [5, 5.41) is 13.7. The molecule has 0 aliphatic heterocycles. The van der Waals surface area contributed by atoms with Crippen LogP contribution >= 0.6 is 0 Å². The van der Waals surface area contributed by atoms with Crippen molar-refractivity contribution in [2.24, 2.45) is 5.92 Å². The Morgan fingerprint density at radius 1 is 1.42 bits per heavy atom. The Labute approximate surface area is 151 Å². The molecule has 0 radical (unpaired) electrons. The lowest BCUT2D eigenvalue weighted by Gasteiger charge is -2.33. The molecule has 1 amide bonds. The number of nitro benzene ring substituents is 1. The predicted octanol–water partition coefficient (Wildman–Crippen LogP) is 3.23. The van der Waals surface area contributed by atoms with Gasteiger partial charge in [0.2, 0.25) is 5.91 Å². The number of halogens is 1. The molecule has 0 aliphatic rings. The van der Waals surface area contributed by atoms with Crippen LogP contribution in [0.2, 0.25) is 0 Å². The van der Waals surface area contributed by atoms with Gasteiger partial charge in [-0.25, -0.2) is 4.39 Å². The van der Waals surface area contributed by atoms with Gasteiger partial charge in [0.1, 0.15) is 5.82 Å². The summed E-state index contributed by atoms with van der Waals surface area (Å²) in [5.41, 5.74) is -1.18. The van der Waals surface area contributed by atoms with E-state index in [1.54, 1.807) is 13.8 Å². The molecule has 1 unspecified atom stereocenters. The van der Waals surface area contributed by atoms with E-state index in [0.29, 0.717) is 0 Å². The van der Waals surface area contributed by atoms with Gasteiger partial charge in [-0.3, -0.25) is 19.7 Å². The monoisotopic (exact) mass is 366 g/mol. The van der Waals surface area contributed by atoms with Crippen molar-refractivity contribution in [2.45, 2.75) is 39.7 Å². The standard InChI is InChI=1S/C18H23FN2O5/c1-5-26-17(23)11-18(4,12(2)3)20-16(22)9-7-13-6-8-14(19)10-15(13)21(24)25/h6-10,12H,5,11H2,1-4H3,(H,20,22)/b9-7+. The van der Waals surface area contributed by atoms with Crippen LogP contribution < -0.4 is 5.32 Å². The second kappa shape index (κ2) is 9.07. The number of rotatable bonds is 8. The van der Waals surface area contributed by atoms with Gasteiger partial charge in [-0.2, -0.15) is 0 Å². The van der Waals surface area contributed by atoms with E-state index >= 15 is 0 Å². The van der Waals surface area contributed by atoms with Crippen molar-refractivity contribution in [2.75, 3.05) is 6.61 Å². The summed E-state index contributed by atoms with van der Waals surface area (Å²) < 4.78 is 18.1. The van der Waals surface area contributed by atoms with Gasteiger partial charge in [0.25, 0.3) is 5.69 Å². The maximum absolute atomic E-state index is 13.2. The second-order valence-electron chi connectivity index (χ2n) is 6.34. The molecule has 1 rings (SSSR count). The molecule has 1 aromatic rings. The van der Waals surface area contributed by atoms with E-state index in [9.17, 15) is 24.1 Å². The van der Waals surface area contributed by atoms with Crippen molar-refractivity contribution < 1.29 is 23.6 Å². The largest absolute Gasteiger partial charge is 0.466 e. The first-order valence-corrected chi connectivity index (χ1v) is 8.19. The van der Waals surface area contributed by atoms with Crippen molar-refractivity contribution in [3.05, 3.63) is 45.8 Å². The van der Waals surface area contributed by atoms with Crippen LogP contribution in [0.15, 0.2) is 24.3 Å². The Kier molecular flexibility index (Phi) is 7.42. The molecule has 0 bridgehead atoms. The van der Waals surface area contributed by atoms with Crippen molar-refractivity contribution in [1.29, 1.82) is 0 Å². The van der Waals surface area contributed by atoms with Crippen LogP contribution in [0.3, 0.4) is 0 Å². The number of ether oxygens (including phenoxy) is 1. The molecule has 8 heteroatoms. The molecule has 0 heterocycles. The SMILES string of the molecule is CCOC(=O)CC(C)(NC(=O)/C=C/c1ccc(F)cc1[N+](=O)[O-])C(C)C. The molecule has 142 valence electrons. The molecule has 1 N–H and O–H groups in total. The van der Waals surface area contributed by atoms with E-state index < -0.39 is 33.8 Å². The van der Waals surface area contributed by atoms with Gasteiger partial charge in [0, 0.05) is 6.08 Å². The molecule has 0 saturated carbocycles. The smallest absolute Gasteiger partial charge is 0.308 e. The minimum Gasteiger partial charge on any atom is -0.466 e. The fourth-order valence-corrected chi connectivity index (χ4v) is 2.21. The van der Waals surface area contributed by atoms with Gasteiger partial charge >= 0.3 is 5.97 Å². The molecular formula is C18H23FN2O5. The second-order valence-corrected chi connectivity index (χ2v) is 6.34. The lowest BCUT2D eigenvalue weighted by molar-refractivity contribution is -0.385. The van der Waals surface area contributed by atoms with Gasteiger partial charge in [0.05, 0.1) is 35.1 Å². The number of nitrogens with zero attached hydrogens (tertiary/aromatic N) is 1. The van der Waals surface area contributed by atoms with Crippen molar-refractivity contribution in [3.8, 4) is 0 Å². The summed E-state index contributed by atoms with van der Waals surface area (Å²) >= 11 is 0. The zero-order chi connectivity index (χ0) is 19.9. The van der Waals surface area contributed by atoms with E-state index in [2.05, 4.69) is 5.32 Å². The minimum absolute atomic E-state index is 0.00518. The predicted molar refractivity (Wildman–Crippen MR) is 94.7 cm³/mol. The number of hydrogen-bond donors (Lipinski definition) is 1. The molecule has 26 heavy (non-hydrogen) atoms. The molecule has 1 atom stereocenters. The average Bonchev–Trinajstić information content (AvgIpc) is 2.53. The summed E-state index contributed by atoms with van der Waals surface area (Å²) in [4.78, 5) is 34.3. The van der Waals surface area contributed by atoms with Crippen molar-refractivity contribution in [3.63, 3.8) is 0 Å². The first kappa shape index (κ1) is 21.3. The highest BCUT2D eigenvalue weighted by molar-refractivity contribution is 5.93. The summed E-state index contributed by atoms with van der Waals surface area (Å²) in [5.74, 6) is -1.75. The number of carbonyl (C=O) groups excluding carboxylic acids is 2. The maximum Gasteiger partial charge on any atom is 0.308 e. The number of carbonyl (C=O) groups is 2. The fourth-order valence-electron chi connectivity index (χ4n) is 2.21. The van der Waals surface area contributed by atoms with Gasteiger partial charge in [-0.1, -0.05) is 13.8 Å². The highest BCUT2D eigenvalue weighted by atomic mass is 19.1. The number of benzene rings is 1. The number of nitro groups is 1. The van der Waals surface area contributed by atoms with Crippen LogP contribution in [-0.2, 0) is 14.3 Å². The van der Waals surface area contributed by atoms with Crippen LogP contribution in [0, 0.1) is 21.8 Å². The molecule has 0 saturated heterocycles. The Hall–Kier alpha value is -2.77. The molecule has 0 aliphatic carbocycles. The van der Waals surface area contributed by atoms with E-state index in [0.717, 1.165) is 18.2 Å². The van der Waals surface area contributed by atoms with Crippen molar-refractivity contribution in [1.82, 2.24) is 5.32 Å². The number of esters is 1. The van der Waals surface area contributed by atoms with Crippen molar-refractivity contribution >= 4 is 23.6 Å². The summed E-state index contributed by atoms with van der Waals surface area (Å²) in [6.07, 6.45) is 2.35. The Morgan fingerprint density at radius 2 is 2.08 bits per heavy atom. The van der Waals surface area contributed by atoms with Crippen LogP contribution in [0.1, 0.15) is 39.7 Å². The molecular weight excluding hydrogens is 343 g/mol. The number of nitrogens with one attached hydrogen (secondary N) is 1.